The van der Waals surface area contributed by atoms with Crippen LogP contribution < -0.4 is 14.8 Å². The van der Waals surface area contributed by atoms with Gasteiger partial charge in [-0.1, -0.05) is 19.4 Å². The SMILES string of the molecule is CCC1CCNC1c1c(OC)cccc1OC. The van der Waals surface area contributed by atoms with Gasteiger partial charge in [0.1, 0.15) is 11.5 Å². The van der Waals surface area contributed by atoms with Crippen LogP contribution in [0.4, 0.5) is 0 Å². The first-order valence-corrected chi connectivity index (χ1v) is 6.26. The quantitative estimate of drug-likeness (QED) is 0.870. The van der Waals surface area contributed by atoms with Crippen LogP contribution >= 0.6 is 0 Å². The van der Waals surface area contributed by atoms with E-state index in [1.807, 2.05) is 18.2 Å². The molecule has 3 nitrogen and oxygen atoms in total. The van der Waals surface area contributed by atoms with Crippen LogP contribution in [0.2, 0.25) is 0 Å². The Morgan fingerprint density at radius 1 is 1.24 bits per heavy atom. The highest BCUT2D eigenvalue weighted by Crippen LogP contribution is 2.41. The topological polar surface area (TPSA) is 30.5 Å². The third-order valence-corrected chi connectivity index (χ3v) is 3.65. The lowest BCUT2D eigenvalue weighted by molar-refractivity contribution is 0.357. The fourth-order valence-electron chi connectivity index (χ4n) is 2.72. The van der Waals surface area contributed by atoms with Crippen molar-refractivity contribution in [3.8, 4) is 11.5 Å². The average Bonchev–Trinajstić information content (AvgIpc) is 2.85. The minimum Gasteiger partial charge on any atom is -0.496 e. The molecular weight excluding hydrogens is 214 g/mol. The molecule has 2 unspecified atom stereocenters. The van der Waals surface area contributed by atoms with Crippen LogP contribution in [0.15, 0.2) is 18.2 Å². The van der Waals surface area contributed by atoms with Crippen molar-refractivity contribution in [1.29, 1.82) is 0 Å². The standard InChI is InChI=1S/C14H21NO2/c1-4-10-8-9-15-14(10)13-11(16-2)6-5-7-12(13)17-3/h5-7,10,14-15H,4,8-9H2,1-3H3. The van der Waals surface area contributed by atoms with E-state index in [9.17, 15) is 0 Å². The number of rotatable bonds is 4. The molecule has 1 aromatic carbocycles. The molecule has 0 aromatic heterocycles. The number of ether oxygens (including phenoxy) is 2. The first kappa shape index (κ1) is 12.2. The van der Waals surface area contributed by atoms with E-state index < -0.39 is 0 Å². The van der Waals surface area contributed by atoms with Crippen LogP contribution in [0, 0.1) is 5.92 Å². The lowest BCUT2D eigenvalue weighted by Crippen LogP contribution is -2.19. The van der Waals surface area contributed by atoms with E-state index in [1.54, 1.807) is 14.2 Å². The highest BCUT2D eigenvalue weighted by Gasteiger charge is 2.31. The highest BCUT2D eigenvalue weighted by atomic mass is 16.5. The van der Waals surface area contributed by atoms with Crippen molar-refractivity contribution in [3.63, 3.8) is 0 Å². The van der Waals surface area contributed by atoms with Gasteiger partial charge in [-0.25, -0.2) is 0 Å². The predicted octanol–water partition coefficient (Wildman–Crippen LogP) is 2.76. The monoisotopic (exact) mass is 235 g/mol. The van der Waals surface area contributed by atoms with Crippen LogP contribution in [-0.4, -0.2) is 20.8 Å². The number of hydrogen-bond donors (Lipinski definition) is 1. The van der Waals surface area contributed by atoms with E-state index in [1.165, 1.54) is 18.4 Å². The fourth-order valence-corrected chi connectivity index (χ4v) is 2.72. The summed E-state index contributed by atoms with van der Waals surface area (Å²) in [4.78, 5) is 0. The van der Waals surface area contributed by atoms with Gasteiger partial charge in [0.2, 0.25) is 0 Å². The second-order valence-corrected chi connectivity index (χ2v) is 4.47. The van der Waals surface area contributed by atoms with Crippen LogP contribution in [0.25, 0.3) is 0 Å². The summed E-state index contributed by atoms with van der Waals surface area (Å²) >= 11 is 0. The Hall–Kier alpha value is -1.22. The number of hydrogen-bond acceptors (Lipinski definition) is 3. The zero-order chi connectivity index (χ0) is 12.3. The maximum atomic E-state index is 5.47. The molecule has 2 atom stereocenters. The van der Waals surface area contributed by atoms with E-state index in [0.717, 1.165) is 18.0 Å². The number of methoxy groups -OCH3 is 2. The van der Waals surface area contributed by atoms with Crippen molar-refractivity contribution in [3.05, 3.63) is 23.8 Å². The first-order chi connectivity index (χ1) is 8.31. The summed E-state index contributed by atoms with van der Waals surface area (Å²) in [6.07, 6.45) is 2.40. The van der Waals surface area contributed by atoms with E-state index in [0.29, 0.717) is 12.0 Å². The molecule has 1 aliphatic heterocycles. The van der Waals surface area contributed by atoms with Crippen molar-refractivity contribution in [2.24, 2.45) is 5.92 Å². The van der Waals surface area contributed by atoms with Gasteiger partial charge in [-0.05, 0) is 31.0 Å². The van der Waals surface area contributed by atoms with Crippen molar-refractivity contribution in [2.45, 2.75) is 25.8 Å². The molecule has 1 fully saturated rings. The Morgan fingerprint density at radius 2 is 1.88 bits per heavy atom. The third kappa shape index (κ3) is 2.25. The Kier molecular flexibility index (Phi) is 3.89. The third-order valence-electron chi connectivity index (χ3n) is 3.65. The number of nitrogens with one attached hydrogen (secondary N) is 1. The Bertz CT molecular complexity index is 356. The average molecular weight is 235 g/mol. The molecule has 0 aliphatic carbocycles. The van der Waals surface area contributed by atoms with Crippen LogP contribution in [-0.2, 0) is 0 Å². The van der Waals surface area contributed by atoms with Crippen LogP contribution in [0.1, 0.15) is 31.4 Å². The van der Waals surface area contributed by atoms with Crippen molar-refractivity contribution in [2.75, 3.05) is 20.8 Å². The molecule has 3 heteroatoms. The molecule has 0 saturated carbocycles. The Labute approximate surface area is 103 Å². The summed E-state index contributed by atoms with van der Waals surface area (Å²) in [7, 11) is 3.43. The summed E-state index contributed by atoms with van der Waals surface area (Å²) in [6.45, 7) is 3.32. The Morgan fingerprint density at radius 3 is 2.41 bits per heavy atom. The van der Waals surface area contributed by atoms with E-state index in [2.05, 4.69) is 12.2 Å². The molecule has 1 N–H and O–H groups in total. The van der Waals surface area contributed by atoms with Gasteiger partial charge >= 0.3 is 0 Å². The fraction of sp³-hybridized carbons (Fsp3) is 0.571. The molecule has 0 spiro atoms. The summed E-state index contributed by atoms with van der Waals surface area (Å²) < 4.78 is 10.9. The molecule has 94 valence electrons. The van der Waals surface area contributed by atoms with Crippen LogP contribution in [0.3, 0.4) is 0 Å². The summed E-state index contributed by atoms with van der Waals surface area (Å²) in [5, 5.41) is 3.56. The van der Waals surface area contributed by atoms with Gasteiger partial charge in [-0.15, -0.1) is 0 Å². The lowest BCUT2D eigenvalue weighted by Gasteiger charge is -2.23. The molecule has 1 aromatic rings. The molecule has 0 amide bonds. The van der Waals surface area contributed by atoms with Gasteiger partial charge in [0, 0.05) is 6.04 Å². The van der Waals surface area contributed by atoms with Crippen molar-refractivity contribution in [1.82, 2.24) is 5.32 Å². The molecule has 1 saturated heterocycles. The van der Waals surface area contributed by atoms with Gasteiger partial charge in [0.05, 0.1) is 19.8 Å². The minimum atomic E-state index is 0.353. The van der Waals surface area contributed by atoms with E-state index in [-0.39, 0.29) is 0 Å². The molecule has 1 heterocycles. The van der Waals surface area contributed by atoms with Gasteiger partial charge < -0.3 is 14.8 Å². The molecule has 17 heavy (non-hydrogen) atoms. The second-order valence-electron chi connectivity index (χ2n) is 4.47. The lowest BCUT2D eigenvalue weighted by atomic mass is 9.91. The van der Waals surface area contributed by atoms with Gasteiger partial charge in [-0.2, -0.15) is 0 Å². The Balaban J connectivity index is 2.41. The molecular formula is C14H21NO2. The normalized spacial score (nSPS) is 23.7. The summed E-state index contributed by atoms with van der Waals surface area (Å²) in [5.41, 5.74) is 1.17. The van der Waals surface area contributed by atoms with Crippen LogP contribution in [0.5, 0.6) is 11.5 Å². The van der Waals surface area contributed by atoms with Gasteiger partial charge in [-0.3, -0.25) is 0 Å². The molecule has 1 aliphatic rings. The number of benzene rings is 1. The maximum absolute atomic E-state index is 5.47. The largest absolute Gasteiger partial charge is 0.496 e. The summed E-state index contributed by atoms with van der Waals surface area (Å²) in [6, 6.07) is 6.33. The minimum absolute atomic E-state index is 0.353. The van der Waals surface area contributed by atoms with Gasteiger partial charge in [0.25, 0.3) is 0 Å². The molecule has 2 rings (SSSR count). The van der Waals surface area contributed by atoms with Gasteiger partial charge in [0.15, 0.2) is 0 Å². The predicted molar refractivity (Wildman–Crippen MR) is 68.7 cm³/mol. The molecule has 0 radical (unpaired) electrons. The smallest absolute Gasteiger partial charge is 0.127 e. The first-order valence-electron chi connectivity index (χ1n) is 6.26. The zero-order valence-electron chi connectivity index (χ0n) is 10.8. The highest BCUT2D eigenvalue weighted by molar-refractivity contribution is 5.47. The van der Waals surface area contributed by atoms with Crippen molar-refractivity contribution >= 4 is 0 Å². The molecule has 0 bridgehead atoms. The zero-order valence-corrected chi connectivity index (χ0v) is 10.8. The second kappa shape index (κ2) is 5.41. The van der Waals surface area contributed by atoms with Crippen molar-refractivity contribution < 1.29 is 9.47 Å². The van der Waals surface area contributed by atoms with E-state index >= 15 is 0 Å². The maximum Gasteiger partial charge on any atom is 0.127 e. The summed E-state index contributed by atoms with van der Waals surface area (Å²) in [5.74, 6) is 2.50. The van der Waals surface area contributed by atoms with E-state index in [4.69, 9.17) is 9.47 Å².